The number of benzene rings is 3. The number of carbonyl (C=O) groups excluding carboxylic acids is 1. The van der Waals surface area contributed by atoms with Crippen LogP contribution in [0, 0.1) is 19.9 Å². The molecular weight excluding hydrogens is 663 g/mol. The van der Waals surface area contributed by atoms with Gasteiger partial charge in [-0.25, -0.2) is 14.2 Å². The second kappa shape index (κ2) is 10.9. The first-order valence-corrected chi connectivity index (χ1v) is 12.6. The SMILES string of the molecule is CCOc1cc(C=C2N=C(c3ccc(C)c(I)c3)OC2=O)cc(I)c1OCc1cccc(F)c1. The molecule has 5 nitrogen and oxygen atoms in total. The number of aryl methyl sites for hydroxylation is 1. The van der Waals surface area contributed by atoms with Crippen molar-refractivity contribution in [2.45, 2.75) is 20.5 Å². The fourth-order valence-corrected chi connectivity index (χ4v) is 4.57. The number of halogens is 3. The molecule has 34 heavy (non-hydrogen) atoms. The van der Waals surface area contributed by atoms with Crippen LogP contribution >= 0.6 is 45.2 Å². The summed E-state index contributed by atoms with van der Waals surface area (Å²) in [6.45, 7) is 4.52. The summed E-state index contributed by atoms with van der Waals surface area (Å²) in [7, 11) is 0. The zero-order valence-electron chi connectivity index (χ0n) is 18.4. The predicted octanol–water partition coefficient (Wildman–Crippen LogP) is 6.67. The third kappa shape index (κ3) is 5.77. The van der Waals surface area contributed by atoms with Crippen LogP contribution in [-0.2, 0) is 16.1 Å². The van der Waals surface area contributed by atoms with Crippen LogP contribution in [0.1, 0.15) is 29.2 Å². The molecule has 0 atom stereocenters. The molecule has 0 saturated heterocycles. The van der Waals surface area contributed by atoms with Crippen molar-refractivity contribution in [3.05, 3.63) is 95.5 Å². The van der Waals surface area contributed by atoms with Gasteiger partial charge in [-0.1, -0.05) is 18.2 Å². The zero-order chi connectivity index (χ0) is 24.2. The molecule has 1 aliphatic rings. The van der Waals surface area contributed by atoms with Gasteiger partial charge >= 0.3 is 5.97 Å². The van der Waals surface area contributed by atoms with Gasteiger partial charge in [-0.15, -0.1) is 0 Å². The average Bonchev–Trinajstić information content (AvgIpc) is 3.15. The van der Waals surface area contributed by atoms with E-state index in [0.29, 0.717) is 23.7 Å². The van der Waals surface area contributed by atoms with Crippen molar-refractivity contribution >= 4 is 63.1 Å². The Hall–Kier alpha value is -2.47. The summed E-state index contributed by atoms with van der Waals surface area (Å²) < 4.78 is 32.5. The molecule has 0 amide bonds. The third-order valence-corrected chi connectivity index (χ3v) is 6.91. The quantitative estimate of drug-likeness (QED) is 0.159. The number of hydrogen-bond acceptors (Lipinski definition) is 5. The lowest BCUT2D eigenvalue weighted by molar-refractivity contribution is -0.129. The molecule has 8 heteroatoms. The fourth-order valence-electron chi connectivity index (χ4n) is 3.27. The van der Waals surface area contributed by atoms with Crippen LogP contribution in [0.3, 0.4) is 0 Å². The van der Waals surface area contributed by atoms with Crippen molar-refractivity contribution in [2.75, 3.05) is 6.61 Å². The third-order valence-electron chi connectivity index (χ3n) is 4.95. The van der Waals surface area contributed by atoms with Gasteiger partial charge in [-0.3, -0.25) is 0 Å². The van der Waals surface area contributed by atoms with E-state index in [0.717, 1.165) is 23.8 Å². The lowest BCUT2D eigenvalue weighted by Crippen LogP contribution is -2.06. The first-order valence-electron chi connectivity index (χ1n) is 10.5. The number of esters is 1. The van der Waals surface area contributed by atoms with Gasteiger partial charge in [0.25, 0.3) is 0 Å². The van der Waals surface area contributed by atoms with E-state index in [2.05, 4.69) is 50.2 Å². The van der Waals surface area contributed by atoms with Gasteiger partial charge < -0.3 is 14.2 Å². The number of rotatable bonds is 7. The summed E-state index contributed by atoms with van der Waals surface area (Å²) in [6, 6.07) is 15.7. The molecule has 0 unspecified atom stereocenters. The molecule has 0 saturated carbocycles. The van der Waals surface area contributed by atoms with E-state index < -0.39 is 5.97 Å². The molecule has 174 valence electrons. The van der Waals surface area contributed by atoms with Crippen molar-refractivity contribution in [2.24, 2.45) is 4.99 Å². The van der Waals surface area contributed by atoms with Crippen molar-refractivity contribution in [1.82, 2.24) is 0 Å². The van der Waals surface area contributed by atoms with Crippen molar-refractivity contribution < 1.29 is 23.4 Å². The minimum absolute atomic E-state index is 0.198. The Morgan fingerprint density at radius 1 is 1.06 bits per heavy atom. The molecule has 0 radical (unpaired) electrons. The van der Waals surface area contributed by atoms with Crippen LogP contribution in [0.2, 0.25) is 0 Å². The number of nitrogens with zero attached hydrogens (tertiary/aromatic N) is 1. The van der Waals surface area contributed by atoms with Crippen LogP contribution in [0.5, 0.6) is 11.5 Å². The maximum atomic E-state index is 13.5. The molecule has 1 aliphatic heterocycles. The second-order valence-electron chi connectivity index (χ2n) is 7.48. The van der Waals surface area contributed by atoms with E-state index in [1.165, 1.54) is 12.1 Å². The Bertz CT molecular complexity index is 1320. The van der Waals surface area contributed by atoms with Crippen molar-refractivity contribution in [3.63, 3.8) is 0 Å². The Kier molecular flexibility index (Phi) is 7.87. The highest BCUT2D eigenvalue weighted by molar-refractivity contribution is 14.1. The highest BCUT2D eigenvalue weighted by Crippen LogP contribution is 2.36. The number of ether oxygens (including phenoxy) is 3. The standard InChI is InChI=1S/C26H20FI2NO4/c1-3-32-23-12-17(10-21(29)24(23)33-14-16-5-4-6-19(27)9-16)11-22-26(31)34-25(30-22)18-8-7-15(2)20(28)13-18/h4-13H,3,14H2,1-2H3. The van der Waals surface area contributed by atoms with Crippen LogP contribution in [0.4, 0.5) is 4.39 Å². The highest BCUT2D eigenvalue weighted by atomic mass is 127. The van der Waals surface area contributed by atoms with Gasteiger partial charge in [-0.05, 0) is 118 Å². The Labute approximate surface area is 224 Å². The van der Waals surface area contributed by atoms with E-state index >= 15 is 0 Å². The number of carbonyl (C=O) groups is 1. The second-order valence-corrected chi connectivity index (χ2v) is 9.81. The number of cyclic esters (lactones) is 1. The van der Waals surface area contributed by atoms with Crippen molar-refractivity contribution in [1.29, 1.82) is 0 Å². The fraction of sp³-hybridized carbons (Fsp3) is 0.154. The molecule has 0 bridgehead atoms. The minimum Gasteiger partial charge on any atom is -0.490 e. The molecule has 4 rings (SSSR count). The monoisotopic (exact) mass is 683 g/mol. The van der Waals surface area contributed by atoms with Gasteiger partial charge in [0, 0.05) is 9.13 Å². The van der Waals surface area contributed by atoms with E-state index in [-0.39, 0.29) is 24.0 Å². The van der Waals surface area contributed by atoms with Crippen LogP contribution in [0.25, 0.3) is 6.08 Å². The number of hydrogen-bond donors (Lipinski definition) is 0. The molecule has 0 fully saturated rings. The van der Waals surface area contributed by atoms with Gasteiger partial charge in [0.2, 0.25) is 5.90 Å². The Balaban J connectivity index is 1.61. The maximum absolute atomic E-state index is 13.5. The summed E-state index contributed by atoms with van der Waals surface area (Å²) in [6.07, 6.45) is 1.66. The molecule has 3 aromatic rings. The smallest absolute Gasteiger partial charge is 0.363 e. The first-order chi connectivity index (χ1) is 16.3. The van der Waals surface area contributed by atoms with Gasteiger partial charge in [0.05, 0.1) is 10.2 Å². The van der Waals surface area contributed by atoms with Gasteiger partial charge in [-0.2, -0.15) is 0 Å². The van der Waals surface area contributed by atoms with Crippen LogP contribution < -0.4 is 9.47 Å². The Morgan fingerprint density at radius 3 is 2.62 bits per heavy atom. The molecule has 3 aromatic carbocycles. The predicted molar refractivity (Wildman–Crippen MR) is 146 cm³/mol. The maximum Gasteiger partial charge on any atom is 0.363 e. The molecule has 0 aliphatic carbocycles. The van der Waals surface area contributed by atoms with E-state index in [1.807, 2.05) is 38.1 Å². The van der Waals surface area contributed by atoms with Gasteiger partial charge in [0.15, 0.2) is 17.2 Å². The normalized spacial score (nSPS) is 14.2. The Morgan fingerprint density at radius 2 is 1.88 bits per heavy atom. The first kappa shape index (κ1) is 24.6. The van der Waals surface area contributed by atoms with Gasteiger partial charge in [0.1, 0.15) is 12.4 Å². The van der Waals surface area contributed by atoms with Crippen molar-refractivity contribution in [3.8, 4) is 11.5 Å². The van der Waals surface area contributed by atoms with E-state index in [1.54, 1.807) is 24.3 Å². The molecule has 0 aromatic heterocycles. The molecular formula is C26H20FI2NO4. The summed E-state index contributed by atoms with van der Waals surface area (Å²) in [4.78, 5) is 16.9. The topological polar surface area (TPSA) is 57.1 Å². The summed E-state index contributed by atoms with van der Waals surface area (Å²) in [5, 5.41) is 0. The molecule has 1 heterocycles. The summed E-state index contributed by atoms with van der Waals surface area (Å²) >= 11 is 4.39. The molecule has 0 N–H and O–H groups in total. The van der Waals surface area contributed by atoms with E-state index in [4.69, 9.17) is 14.2 Å². The number of aliphatic imine (C=N–C) groups is 1. The summed E-state index contributed by atoms with van der Waals surface area (Å²) in [5.41, 5.74) is 3.53. The highest BCUT2D eigenvalue weighted by Gasteiger charge is 2.25. The van der Waals surface area contributed by atoms with E-state index in [9.17, 15) is 9.18 Å². The van der Waals surface area contributed by atoms with Crippen LogP contribution in [-0.4, -0.2) is 18.5 Å². The molecule has 0 spiro atoms. The zero-order valence-corrected chi connectivity index (χ0v) is 22.7. The lowest BCUT2D eigenvalue weighted by atomic mass is 10.1. The average molecular weight is 683 g/mol. The lowest BCUT2D eigenvalue weighted by Gasteiger charge is -2.15. The summed E-state index contributed by atoms with van der Waals surface area (Å²) in [5.74, 6) is 0.544. The van der Waals surface area contributed by atoms with Crippen LogP contribution in [0.15, 0.2) is 65.3 Å². The largest absolute Gasteiger partial charge is 0.490 e. The minimum atomic E-state index is -0.509.